The van der Waals surface area contributed by atoms with Gasteiger partial charge in [0.15, 0.2) is 9.84 Å². The van der Waals surface area contributed by atoms with Gasteiger partial charge in [-0.3, -0.25) is 0 Å². The number of rotatable bonds is 4. The molecule has 0 aliphatic rings. The molecule has 1 aromatic carbocycles. The minimum absolute atomic E-state index is 0.240. The molecule has 1 heterocycles. The average Bonchev–Trinajstić information content (AvgIpc) is 2.66. The van der Waals surface area contributed by atoms with Crippen LogP contribution in [0.5, 0.6) is 5.75 Å². The van der Waals surface area contributed by atoms with Crippen LogP contribution in [0.1, 0.15) is 17.0 Å². The second kappa shape index (κ2) is 5.05. The van der Waals surface area contributed by atoms with E-state index in [9.17, 15) is 8.42 Å². The molecule has 19 heavy (non-hydrogen) atoms. The van der Waals surface area contributed by atoms with E-state index in [2.05, 4.69) is 5.16 Å². The van der Waals surface area contributed by atoms with Gasteiger partial charge in [0.1, 0.15) is 18.1 Å². The first-order valence-corrected chi connectivity index (χ1v) is 7.62. The van der Waals surface area contributed by atoms with Crippen molar-refractivity contribution in [1.82, 2.24) is 5.16 Å². The van der Waals surface area contributed by atoms with Gasteiger partial charge in [-0.15, -0.1) is 0 Å². The van der Waals surface area contributed by atoms with Crippen LogP contribution in [0.2, 0.25) is 0 Å². The largest absolute Gasteiger partial charge is 0.489 e. The van der Waals surface area contributed by atoms with E-state index in [1.165, 1.54) is 18.4 Å². The molecule has 0 saturated carbocycles. The average molecular weight is 281 g/mol. The number of hydrogen-bond acceptors (Lipinski definition) is 5. The number of aromatic nitrogens is 1. The summed E-state index contributed by atoms with van der Waals surface area (Å²) < 4.78 is 33.5. The monoisotopic (exact) mass is 281 g/mol. The van der Waals surface area contributed by atoms with E-state index in [0.717, 1.165) is 11.3 Å². The van der Waals surface area contributed by atoms with E-state index in [0.29, 0.717) is 18.1 Å². The van der Waals surface area contributed by atoms with E-state index in [-0.39, 0.29) is 4.90 Å². The molecule has 0 N–H and O–H groups in total. The van der Waals surface area contributed by atoms with Crippen LogP contribution in [0.3, 0.4) is 0 Å². The van der Waals surface area contributed by atoms with Crippen molar-refractivity contribution in [3.8, 4) is 5.75 Å². The highest BCUT2D eigenvalue weighted by Gasteiger charge is 2.11. The maximum absolute atomic E-state index is 11.4. The molecular weight excluding hydrogens is 266 g/mol. The fourth-order valence-corrected chi connectivity index (χ4v) is 2.31. The number of aryl methyl sites for hydroxylation is 2. The van der Waals surface area contributed by atoms with Crippen LogP contribution in [0, 0.1) is 13.8 Å². The lowest BCUT2D eigenvalue weighted by molar-refractivity contribution is 0.301. The summed E-state index contributed by atoms with van der Waals surface area (Å²) >= 11 is 0. The lowest BCUT2D eigenvalue weighted by atomic mass is 10.2. The topological polar surface area (TPSA) is 69.4 Å². The van der Waals surface area contributed by atoms with Gasteiger partial charge in [-0.05, 0) is 32.0 Å². The second-order valence-electron chi connectivity index (χ2n) is 4.34. The summed E-state index contributed by atoms with van der Waals surface area (Å²) in [5.74, 6) is 1.21. The zero-order chi connectivity index (χ0) is 14.0. The van der Waals surface area contributed by atoms with Gasteiger partial charge in [0.25, 0.3) is 0 Å². The molecule has 0 atom stereocenters. The zero-order valence-electron chi connectivity index (χ0n) is 11.0. The SMILES string of the molecule is Cc1noc(C)c1COc1cccc(S(C)(=O)=O)c1. The van der Waals surface area contributed by atoms with E-state index in [1.807, 2.05) is 13.8 Å². The lowest BCUT2D eigenvalue weighted by Crippen LogP contribution is -2.00. The van der Waals surface area contributed by atoms with Crippen molar-refractivity contribution in [1.29, 1.82) is 0 Å². The Morgan fingerprint density at radius 3 is 2.63 bits per heavy atom. The Morgan fingerprint density at radius 1 is 1.32 bits per heavy atom. The Morgan fingerprint density at radius 2 is 2.05 bits per heavy atom. The lowest BCUT2D eigenvalue weighted by Gasteiger charge is -2.07. The van der Waals surface area contributed by atoms with Gasteiger partial charge in [-0.25, -0.2) is 8.42 Å². The van der Waals surface area contributed by atoms with Crippen molar-refractivity contribution in [3.05, 3.63) is 41.3 Å². The Labute approximate surface area is 112 Å². The number of ether oxygens (including phenoxy) is 1. The molecule has 0 spiro atoms. The number of hydrogen-bond donors (Lipinski definition) is 0. The summed E-state index contributed by atoms with van der Waals surface area (Å²) in [6, 6.07) is 6.41. The summed E-state index contributed by atoms with van der Waals surface area (Å²) in [4.78, 5) is 0.240. The Bertz CT molecular complexity index is 669. The molecule has 0 amide bonds. The third kappa shape index (κ3) is 3.14. The van der Waals surface area contributed by atoms with Crippen LogP contribution in [-0.2, 0) is 16.4 Å². The molecule has 102 valence electrons. The minimum atomic E-state index is -3.22. The van der Waals surface area contributed by atoms with E-state index >= 15 is 0 Å². The summed E-state index contributed by atoms with van der Waals surface area (Å²) in [5, 5.41) is 3.83. The second-order valence-corrected chi connectivity index (χ2v) is 6.35. The third-order valence-electron chi connectivity index (χ3n) is 2.80. The van der Waals surface area contributed by atoms with E-state index in [4.69, 9.17) is 9.26 Å². The molecule has 6 heteroatoms. The molecule has 0 aliphatic carbocycles. The Balaban J connectivity index is 2.17. The highest BCUT2D eigenvalue weighted by molar-refractivity contribution is 7.90. The Hall–Kier alpha value is -1.82. The summed E-state index contributed by atoms with van der Waals surface area (Å²) in [5.41, 5.74) is 1.65. The zero-order valence-corrected chi connectivity index (χ0v) is 11.8. The van der Waals surface area contributed by atoms with Crippen LogP contribution >= 0.6 is 0 Å². The van der Waals surface area contributed by atoms with Gasteiger partial charge in [0, 0.05) is 6.26 Å². The summed E-state index contributed by atoms with van der Waals surface area (Å²) in [7, 11) is -3.22. The van der Waals surface area contributed by atoms with Gasteiger partial charge in [-0.2, -0.15) is 0 Å². The van der Waals surface area contributed by atoms with Gasteiger partial charge >= 0.3 is 0 Å². The maximum atomic E-state index is 11.4. The molecule has 2 rings (SSSR count). The van der Waals surface area contributed by atoms with Gasteiger partial charge in [0.05, 0.1) is 16.2 Å². The Kier molecular flexibility index (Phi) is 3.61. The quantitative estimate of drug-likeness (QED) is 0.860. The molecular formula is C13H15NO4S. The molecule has 0 radical (unpaired) electrons. The first-order valence-electron chi connectivity index (χ1n) is 5.72. The van der Waals surface area contributed by atoms with Gasteiger partial charge < -0.3 is 9.26 Å². The number of benzene rings is 1. The molecule has 0 saturated heterocycles. The summed E-state index contributed by atoms with van der Waals surface area (Å²) in [6.07, 6.45) is 1.17. The van der Waals surface area contributed by atoms with Crippen LogP contribution in [-0.4, -0.2) is 19.8 Å². The minimum Gasteiger partial charge on any atom is -0.489 e. The van der Waals surface area contributed by atoms with Crippen molar-refractivity contribution in [2.24, 2.45) is 0 Å². The van der Waals surface area contributed by atoms with Crippen LogP contribution in [0.25, 0.3) is 0 Å². The highest BCUT2D eigenvalue weighted by atomic mass is 32.2. The first kappa shape index (κ1) is 13.6. The predicted octanol–water partition coefficient (Wildman–Crippen LogP) is 2.27. The first-order chi connectivity index (χ1) is 8.88. The molecule has 0 bridgehead atoms. The standard InChI is InChI=1S/C13H15NO4S/c1-9-13(10(2)18-14-9)8-17-11-5-4-6-12(7-11)19(3,15)16/h4-7H,8H2,1-3H3. The number of nitrogens with zero attached hydrogens (tertiary/aromatic N) is 1. The maximum Gasteiger partial charge on any atom is 0.175 e. The van der Waals surface area contributed by atoms with Crippen LogP contribution in [0.15, 0.2) is 33.7 Å². The molecule has 0 aliphatic heterocycles. The van der Waals surface area contributed by atoms with Crippen LogP contribution < -0.4 is 4.74 Å². The van der Waals surface area contributed by atoms with Crippen molar-refractivity contribution in [3.63, 3.8) is 0 Å². The third-order valence-corrected chi connectivity index (χ3v) is 3.91. The van der Waals surface area contributed by atoms with Crippen molar-refractivity contribution < 1.29 is 17.7 Å². The predicted molar refractivity (Wildman–Crippen MR) is 69.9 cm³/mol. The van der Waals surface area contributed by atoms with Gasteiger partial charge in [0.2, 0.25) is 0 Å². The number of sulfone groups is 1. The highest BCUT2D eigenvalue weighted by Crippen LogP contribution is 2.20. The molecule has 0 unspecified atom stereocenters. The van der Waals surface area contributed by atoms with Crippen LogP contribution in [0.4, 0.5) is 0 Å². The molecule has 2 aromatic rings. The molecule has 1 aromatic heterocycles. The van der Waals surface area contributed by atoms with Crippen molar-refractivity contribution in [2.45, 2.75) is 25.3 Å². The van der Waals surface area contributed by atoms with E-state index in [1.54, 1.807) is 12.1 Å². The van der Waals surface area contributed by atoms with Gasteiger partial charge in [-0.1, -0.05) is 11.2 Å². The fourth-order valence-electron chi connectivity index (χ4n) is 1.66. The van der Waals surface area contributed by atoms with Crippen molar-refractivity contribution >= 4 is 9.84 Å². The summed E-state index contributed by atoms with van der Waals surface area (Å²) in [6.45, 7) is 3.95. The van der Waals surface area contributed by atoms with E-state index < -0.39 is 9.84 Å². The normalized spacial score (nSPS) is 11.5. The van der Waals surface area contributed by atoms with Crippen molar-refractivity contribution in [2.75, 3.05) is 6.26 Å². The fraction of sp³-hybridized carbons (Fsp3) is 0.308. The molecule has 5 nitrogen and oxygen atoms in total. The smallest absolute Gasteiger partial charge is 0.175 e. The molecule has 0 fully saturated rings.